The van der Waals surface area contributed by atoms with E-state index in [4.69, 9.17) is 28.3 Å². The normalized spacial score (nSPS) is 19.2. The fourth-order valence-corrected chi connectivity index (χ4v) is 7.38. The van der Waals surface area contributed by atoms with E-state index < -0.39 is 21.6 Å². The van der Waals surface area contributed by atoms with E-state index >= 15 is 0 Å². The van der Waals surface area contributed by atoms with Crippen LogP contribution in [0.1, 0.15) is 66.3 Å². The summed E-state index contributed by atoms with van der Waals surface area (Å²) in [6.45, 7) is 1.99. The van der Waals surface area contributed by atoms with Crippen molar-refractivity contribution in [3.63, 3.8) is 0 Å². The summed E-state index contributed by atoms with van der Waals surface area (Å²) in [5.41, 5.74) is 2.34. The van der Waals surface area contributed by atoms with Crippen molar-refractivity contribution in [3.8, 4) is 5.69 Å². The molecule has 1 aromatic heterocycles. The third-order valence-corrected chi connectivity index (χ3v) is 9.32. The van der Waals surface area contributed by atoms with Gasteiger partial charge in [0.05, 0.1) is 27.9 Å². The number of fused-ring (bicyclic) bond motifs is 1. The van der Waals surface area contributed by atoms with Crippen molar-refractivity contribution in [2.45, 2.75) is 50.8 Å². The number of aromatic nitrogens is 2. The van der Waals surface area contributed by atoms with Gasteiger partial charge in [0.15, 0.2) is 9.84 Å². The smallest absolute Gasteiger partial charge is 0.270 e. The molecule has 6 nitrogen and oxygen atoms in total. The SMILES string of the molecule is C[C@@H](NC(=O)c1c2c(nn1-c1ccc(Cl)cc1Cl)C(=Cc1ccc(F)cc1)CS(=O)(=O)C2)C1CCCCC1. The van der Waals surface area contributed by atoms with E-state index in [9.17, 15) is 17.6 Å². The quantitative estimate of drug-likeness (QED) is 0.377. The second kappa shape index (κ2) is 10.8. The topological polar surface area (TPSA) is 81.1 Å². The van der Waals surface area contributed by atoms with E-state index in [1.165, 1.54) is 23.2 Å². The highest BCUT2D eigenvalue weighted by atomic mass is 35.5. The number of hydrogen-bond acceptors (Lipinski definition) is 4. The Morgan fingerprint density at radius 1 is 1.11 bits per heavy atom. The molecule has 200 valence electrons. The molecule has 1 N–H and O–H groups in total. The minimum Gasteiger partial charge on any atom is -0.348 e. The average molecular weight is 577 g/mol. The van der Waals surface area contributed by atoms with Gasteiger partial charge >= 0.3 is 0 Å². The van der Waals surface area contributed by atoms with Crippen molar-refractivity contribution in [1.29, 1.82) is 0 Å². The monoisotopic (exact) mass is 575 g/mol. The second-order valence-electron chi connectivity index (χ2n) is 10.1. The van der Waals surface area contributed by atoms with Gasteiger partial charge < -0.3 is 5.32 Å². The van der Waals surface area contributed by atoms with Crippen LogP contribution in [-0.4, -0.2) is 35.9 Å². The van der Waals surface area contributed by atoms with Gasteiger partial charge in [-0.15, -0.1) is 0 Å². The maximum Gasteiger partial charge on any atom is 0.270 e. The number of carbonyl (C=O) groups is 1. The number of nitrogens with one attached hydrogen (secondary N) is 1. The van der Waals surface area contributed by atoms with Gasteiger partial charge in [0.2, 0.25) is 0 Å². The van der Waals surface area contributed by atoms with Gasteiger partial charge in [-0.25, -0.2) is 17.5 Å². The molecule has 2 heterocycles. The van der Waals surface area contributed by atoms with Crippen LogP contribution in [0.15, 0.2) is 42.5 Å². The zero-order valence-corrected chi connectivity index (χ0v) is 23.2. The summed E-state index contributed by atoms with van der Waals surface area (Å²) in [6, 6.07) is 10.5. The molecular weight excluding hydrogens is 548 g/mol. The third kappa shape index (κ3) is 5.67. The Morgan fingerprint density at radius 2 is 1.82 bits per heavy atom. The Bertz CT molecular complexity index is 1510. The highest BCUT2D eigenvalue weighted by molar-refractivity contribution is 7.91. The molecule has 1 atom stereocenters. The molecule has 38 heavy (non-hydrogen) atoms. The number of amides is 1. The van der Waals surface area contributed by atoms with E-state index in [0.717, 1.165) is 25.7 Å². The van der Waals surface area contributed by atoms with E-state index in [-0.39, 0.29) is 28.3 Å². The first-order valence-electron chi connectivity index (χ1n) is 12.7. The zero-order chi connectivity index (χ0) is 27.0. The van der Waals surface area contributed by atoms with Crippen molar-refractivity contribution in [1.82, 2.24) is 15.1 Å². The molecule has 1 saturated carbocycles. The van der Waals surface area contributed by atoms with Gasteiger partial charge in [0, 0.05) is 16.6 Å². The Morgan fingerprint density at radius 3 is 2.50 bits per heavy atom. The Hall–Kier alpha value is -2.68. The van der Waals surface area contributed by atoms with Crippen LogP contribution in [0.2, 0.25) is 10.0 Å². The number of carbonyl (C=O) groups excluding carboxylic acids is 1. The van der Waals surface area contributed by atoms with Gasteiger partial charge in [-0.05, 0) is 73.2 Å². The van der Waals surface area contributed by atoms with E-state index in [1.807, 2.05) is 6.92 Å². The van der Waals surface area contributed by atoms with E-state index in [1.54, 1.807) is 36.4 Å². The van der Waals surface area contributed by atoms with Crippen LogP contribution in [0.4, 0.5) is 4.39 Å². The van der Waals surface area contributed by atoms with Crippen molar-refractivity contribution < 1.29 is 17.6 Å². The first-order valence-corrected chi connectivity index (χ1v) is 15.2. The number of benzene rings is 2. The van der Waals surface area contributed by atoms with Crippen LogP contribution in [0.5, 0.6) is 0 Å². The lowest BCUT2D eigenvalue weighted by molar-refractivity contribution is 0.0910. The van der Waals surface area contributed by atoms with Gasteiger partial charge in [0.1, 0.15) is 11.5 Å². The second-order valence-corrected chi connectivity index (χ2v) is 13.0. The lowest BCUT2D eigenvalue weighted by Gasteiger charge is -2.28. The highest BCUT2D eigenvalue weighted by Gasteiger charge is 2.36. The molecular formula is C28H28Cl2FN3O3S. The molecule has 2 aromatic carbocycles. The summed E-state index contributed by atoms with van der Waals surface area (Å²) < 4.78 is 41.0. The van der Waals surface area contributed by atoms with Crippen molar-refractivity contribution >= 4 is 50.6 Å². The van der Waals surface area contributed by atoms with Crippen LogP contribution in [0.25, 0.3) is 17.3 Å². The lowest BCUT2D eigenvalue weighted by atomic mass is 9.84. The van der Waals surface area contributed by atoms with E-state index in [0.29, 0.717) is 39.0 Å². The molecule has 10 heteroatoms. The molecule has 0 spiro atoms. The summed E-state index contributed by atoms with van der Waals surface area (Å²) in [5, 5.41) is 8.55. The van der Waals surface area contributed by atoms with Gasteiger partial charge in [-0.1, -0.05) is 54.6 Å². The molecule has 1 amide bonds. The summed E-state index contributed by atoms with van der Waals surface area (Å²) in [7, 11) is -3.59. The predicted molar refractivity (Wildman–Crippen MR) is 149 cm³/mol. The van der Waals surface area contributed by atoms with Crippen molar-refractivity contribution in [2.24, 2.45) is 5.92 Å². The Balaban J connectivity index is 1.64. The minimum absolute atomic E-state index is 0.0862. The highest BCUT2D eigenvalue weighted by Crippen LogP contribution is 2.36. The molecule has 0 radical (unpaired) electrons. The first kappa shape index (κ1) is 26.9. The minimum atomic E-state index is -3.59. The van der Waals surface area contributed by atoms with Crippen LogP contribution in [0, 0.1) is 11.7 Å². The molecule has 0 unspecified atom stereocenters. The number of rotatable bonds is 5. The average Bonchev–Trinajstić information content (AvgIpc) is 3.24. The van der Waals surface area contributed by atoms with Crippen LogP contribution in [-0.2, 0) is 15.6 Å². The van der Waals surface area contributed by atoms with Gasteiger partial charge in [0.25, 0.3) is 5.91 Å². The van der Waals surface area contributed by atoms with Gasteiger partial charge in [-0.3, -0.25) is 4.79 Å². The molecule has 0 saturated heterocycles. The molecule has 2 aliphatic rings. The van der Waals surface area contributed by atoms with Crippen LogP contribution < -0.4 is 5.32 Å². The summed E-state index contributed by atoms with van der Waals surface area (Å²) in [5.74, 6) is -1.01. The molecule has 1 fully saturated rings. The van der Waals surface area contributed by atoms with E-state index in [2.05, 4.69) is 5.32 Å². The third-order valence-electron chi connectivity index (χ3n) is 7.31. The van der Waals surface area contributed by atoms with Crippen LogP contribution >= 0.6 is 23.2 Å². The van der Waals surface area contributed by atoms with Crippen molar-refractivity contribution in [3.05, 3.63) is 80.8 Å². The lowest BCUT2D eigenvalue weighted by Crippen LogP contribution is -2.40. The molecule has 1 aliphatic carbocycles. The summed E-state index contributed by atoms with van der Waals surface area (Å²) in [6.07, 6.45) is 7.22. The fourth-order valence-electron chi connectivity index (χ4n) is 5.38. The predicted octanol–water partition coefficient (Wildman–Crippen LogP) is 6.49. The van der Waals surface area contributed by atoms with Crippen LogP contribution in [0.3, 0.4) is 0 Å². The summed E-state index contributed by atoms with van der Waals surface area (Å²) >= 11 is 12.6. The number of nitrogens with zero attached hydrogens (tertiary/aromatic N) is 2. The molecule has 5 rings (SSSR count). The zero-order valence-electron chi connectivity index (χ0n) is 20.9. The largest absolute Gasteiger partial charge is 0.348 e. The molecule has 0 bridgehead atoms. The molecule has 3 aromatic rings. The Labute approximate surface area is 231 Å². The number of hydrogen-bond donors (Lipinski definition) is 1. The number of halogens is 3. The fraction of sp³-hybridized carbons (Fsp3) is 0.357. The first-order chi connectivity index (χ1) is 18.1. The maximum atomic E-state index is 13.8. The summed E-state index contributed by atoms with van der Waals surface area (Å²) in [4.78, 5) is 13.8. The molecule has 1 aliphatic heterocycles. The Kier molecular flexibility index (Phi) is 7.67. The van der Waals surface area contributed by atoms with Crippen molar-refractivity contribution in [2.75, 3.05) is 5.75 Å². The number of sulfone groups is 1. The standard InChI is InChI=1S/C28H28Cl2FN3O3S/c1-17(19-5-3-2-4-6-19)32-28(35)27-23-16-38(36,37)15-20(13-18-7-10-22(31)11-8-18)26(23)33-34(27)25-12-9-21(29)14-24(25)30/h7-14,17,19H,2-6,15-16H2,1H3,(H,32,35)/t17-/m1/s1. The maximum absolute atomic E-state index is 13.8. The van der Waals surface area contributed by atoms with Gasteiger partial charge in [-0.2, -0.15) is 5.10 Å².